The monoisotopic (exact) mass is 567 g/mol. The Morgan fingerprint density at radius 1 is 0.897 bits per heavy atom. The van der Waals surface area contributed by atoms with Crippen LogP contribution in [0.2, 0.25) is 5.02 Å². The Hall–Kier alpha value is -4.08. The molecule has 3 N–H and O–H groups in total. The van der Waals surface area contributed by atoms with Crippen LogP contribution >= 0.6 is 11.6 Å². The van der Waals surface area contributed by atoms with Crippen LogP contribution in [0.4, 0.5) is 15.8 Å². The number of methoxy groups -OCH3 is 2. The zero-order valence-electron chi connectivity index (χ0n) is 21.3. The summed E-state index contributed by atoms with van der Waals surface area (Å²) < 4.78 is 40.7. The topological polar surface area (TPSA) is 88.7 Å². The number of carbonyl (C=O) groups excluding carboxylic acids is 1. The fourth-order valence-electron chi connectivity index (χ4n) is 3.81. The molecule has 39 heavy (non-hydrogen) atoms. The lowest BCUT2D eigenvalue weighted by Crippen LogP contribution is -2.28. The first-order chi connectivity index (χ1) is 18.9. The quantitative estimate of drug-likeness (QED) is 0.189. The highest BCUT2D eigenvalue weighted by Crippen LogP contribution is 2.33. The molecule has 0 bridgehead atoms. The van der Waals surface area contributed by atoms with Gasteiger partial charge in [0.05, 0.1) is 14.2 Å². The number of hydrogen-bond donors (Lipinski definition) is 3. The number of carbonyl (C=O) groups is 1. The molecule has 0 saturated carbocycles. The molecule has 0 aliphatic heterocycles. The van der Waals surface area contributed by atoms with E-state index in [1.165, 1.54) is 25.3 Å². The highest BCUT2D eigenvalue weighted by molar-refractivity contribution is 7.86. The van der Waals surface area contributed by atoms with Gasteiger partial charge in [-0.25, -0.2) is 8.60 Å². The molecule has 202 valence electrons. The average molecular weight is 568 g/mol. The molecule has 0 heterocycles. The number of ether oxygens (including phenoxy) is 2. The zero-order valence-corrected chi connectivity index (χ0v) is 22.9. The average Bonchev–Trinajstić information content (AvgIpc) is 2.96. The van der Waals surface area contributed by atoms with Crippen molar-refractivity contribution in [1.29, 1.82) is 0 Å². The number of halogens is 2. The normalized spacial score (nSPS) is 11.4. The van der Waals surface area contributed by atoms with Crippen molar-refractivity contribution in [2.75, 3.05) is 37.3 Å². The summed E-state index contributed by atoms with van der Waals surface area (Å²) in [6.07, 6.45) is 0. The fourth-order valence-corrected chi connectivity index (χ4v) is 5.06. The Bertz CT molecular complexity index is 1500. The molecule has 0 radical (unpaired) electrons. The summed E-state index contributed by atoms with van der Waals surface area (Å²) in [6, 6.07) is 23.4. The van der Waals surface area contributed by atoms with Crippen LogP contribution in [0, 0.1) is 5.82 Å². The van der Waals surface area contributed by atoms with E-state index in [0.29, 0.717) is 56.9 Å². The van der Waals surface area contributed by atoms with E-state index >= 15 is 0 Å². The van der Waals surface area contributed by atoms with Crippen molar-refractivity contribution in [3.63, 3.8) is 0 Å². The van der Waals surface area contributed by atoms with Crippen LogP contribution in [0.3, 0.4) is 0 Å². The van der Waals surface area contributed by atoms with Gasteiger partial charge in [0, 0.05) is 40.6 Å². The Kier molecular flexibility index (Phi) is 9.40. The summed E-state index contributed by atoms with van der Waals surface area (Å²) in [7, 11) is 1.35. The molecule has 4 rings (SSSR count). The summed E-state index contributed by atoms with van der Waals surface area (Å²) in [5, 5.41) is 6.48. The number of hydrogen-bond acceptors (Lipinski definition) is 5. The van der Waals surface area contributed by atoms with Gasteiger partial charge in [0.25, 0.3) is 5.91 Å². The molecule has 1 atom stereocenters. The highest BCUT2D eigenvalue weighted by atomic mass is 35.5. The molecular weight excluding hydrogens is 541 g/mol. The van der Waals surface area contributed by atoms with Gasteiger partial charge in [0.1, 0.15) is 22.2 Å². The minimum absolute atomic E-state index is 0.197. The maximum atomic E-state index is 13.8. The van der Waals surface area contributed by atoms with E-state index in [-0.39, 0.29) is 5.91 Å². The maximum Gasteiger partial charge on any atom is 0.251 e. The lowest BCUT2D eigenvalue weighted by Gasteiger charge is -2.14. The molecule has 4 aromatic carbocycles. The van der Waals surface area contributed by atoms with Crippen molar-refractivity contribution in [1.82, 2.24) is 5.32 Å². The van der Waals surface area contributed by atoms with Crippen LogP contribution in [-0.2, 0) is 11.0 Å². The summed E-state index contributed by atoms with van der Waals surface area (Å²) in [5.74, 6) is 0.412. The summed E-state index contributed by atoms with van der Waals surface area (Å²) in [6.45, 7) is 0.874. The molecule has 10 heteroatoms. The SMILES string of the molecule is COc1cccc(C(=O)NCCNc2cccc(NS(=O)c3cc(-c4cc(F)ccc4Cl)ccc3OC)c2)c1. The van der Waals surface area contributed by atoms with E-state index in [1.54, 1.807) is 55.6 Å². The van der Waals surface area contributed by atoms with Crippen LogP contribution in [0.5, 0.6) is 11.5 Å². The van der Waals surface area contributed by atoms with Crippen LogP contribution in [0.1, 0.15) is 10.4 Å². The largest absolute Gasteiger partial charge is 0.497 e. The number of anilines is 2. The van der Waals surface area contributed by atoms with Crippen LogP contribution in [-0.4, -0.2) is 37.4 Å². The van der Waals surface area contributed by atoms with Gasteiger partial charge < -0.3 is 24.8 Å². The van der Waals surface area contributed by atoms with Crippen molar-refractivity contribution in [3.05, 3.63) is 101 Å². The lowest BCUT2D eigenvalue weighted by molar-refractivity contribution is 0.0955. The second-order valence-electron chi connectivity index (χ2n) is 8.36. The van der Waals surface area contributed by atoms with E-state index in [0.717, 1.165) is 5.69 Å². The number of nitrogens with one attached hydrogen (secondary N) is 3. The van der Waals surface area contributed by atoms with Gasteiger partial charge >= 0.3 is 0 Å². The second kappa shape index (κ2) is 13.1. The maximum absolute atomic E-state index is 13.8. The van der Waals surface area contributed by atoms with Crippen LogP contribution in [0.15, 0.2) is 89.8 Å². The molecule has 0 aromatic heterocycles. The molecule has 1 amide bonds. The lowest BCUT2D eigenvalue weighted by atomic mass is 10.1. The number of benzene rings is 4. The molecule has 4 aromatic rings. The Balaban J connectivity index is 1.39. The summed E-state index contributed by atoms with van der Waals surface area (Å²) in [4.78, 5) is 12.7. The highest BCUT2D eigenvalue weighted by Gasteiger charge is 2.15. The van der Waals surface area contributed by atoms with E-state index in [9.17, 15) is 13.4 Å². The predicted octanol–water partition coefficient (Wildman–Crippen LogP) is 6.14. The third kappa shape index (κ3) is 7.28. The van der Waals surface area contributed by atoms with Crippen molar-refractivity contribution < 1.29 is 22.9 Å². The van der Waals surface area contributed by atoms with Gasteiger partial charge in [-0.3, -0.25) is 4.79 Å². The van der Waals surface area contributed by atoms with E-state index in [1.807, 2.05) is 18.2 Å². The van der Waals surface area contributed by atoms with Crippen molar-refractivity contribution in [3.8, 4) is 22.6 Å². The molecular formula is C29H27ClFN3O4S. The van der Waals surface area contributed by atoms with Gasteiger partial charge in [-0.05, 0) is 72.3 Å². The van der Waals surface area contributed by atoms with E-state index < -0.39 is 16.8 Å². The Labute approximate surface area is 233 Å². The first-order valence-corrected chi connectivity index (χ1v) is 13.5. The minimum Gasteiger partial charge on any atom is -0.497 e. The molecule has 0 spiro atoms. The first kappa shape index (κ1) is 27.9. The van der Waals surface area contributed by atoms with E-state index in [2.05, 4.69) is 15.4 Å². The van der Waals surface area contributed by atoms with Crippen molar-refractivity contribution in [2.24, 2.45) is 0 Å². The van der Waals surface area contributed by atoms with Crippen LogP contribution < -0.4 is 24.8 Å². The second-order valence-corrected chi connectivity index (χ2v) is 9.94. The fraction of sp³-hybridized carbons (Fsp3) is 0.138. The number of rotatable bonds is 11. The van der Waals surface area contributed by atoms with Gasteiger partial charge in [-0.2, -0.15) is 0 Å². The molecule has 0 saturated heterocycles. The first-order valence-electron chi connectivity index (χ1n) is 12.0. The third-order valence-corrected chi connectivity index (χ3v) is 7.22. The van der Waals surface area contributed by atoms with Gasteiger partial charge in [-0.15, -0.1) is 0 Å². The van der Waals surface area contributed by atoms with E-state index in [4.69, 9.17) is 21.1 Å². The van der Waals surface area contributed by atoms with Crippen LogP contribution in [0.25, 0.3) is 11.1 Å². The smallest absolute Gasteiger partial charge is 0.251 e. The minimum atomic E-state index is -1.69. The summed E-state index contributed by atoms with van der Waals surface area (Å²) >= 11 is 6.27. The molecule has 0 aliphatic rings. The van der Waals surface area contributed by atoms with Gasteiger partial charge in [0.15, 0.2) is 11.0 Å². The predicted molar refractivity (Wildman–Crippen MR) is 154 cm³/mol. The van der Waals surface area contributed by atoms with Gasteiger partial charge in [0.2, 0.25) is 0 Å². The van der Waals surface area contributed by atoms with Gasteiger partial charge in [-0.1, -0.05) is 29.8 Å². The Morgan fingerprint density at radius 3 is 2.49 bits per heavy atom. The van der Waals surface area contributed by atoms with Crippen molar-refractivity contribution >= 4 is 39.9 Å². The zero-order chi connectivity index (χ0) is 27.8. The number of amides is 1. The molecule has 1 unspecified atom stereocenters. The standard InChI is InChI=1S/C29H27ClFN3O4S/c1-37-24-8-3-5-20(15-24)29(35)33-14-13-32-22-6-4-7-23(18-22)34-39(36)28-16-19(9-12-27(28)38-2)25-17-21(31)10-11-26(25)30/h3-12,15-18,32,34H,13-14H2,1-2H3,(H,33,35). The van der Waals surface area contributed by atoms with Crippen molar-refractivity contribution in [2.45, 2.75) is 4.90 Å². The molecule has 0 fully saturated rings. The third-order valence-electron chi connectivity index (χ3n) is 5.75. The molecule has 0 aliphatic carbocycles. The summed E-state index contributed by atoms with van der Waals surface area (Å²) in [5.41, 5.74) is 3.00. The Morgan fingerprint density at radius 2 is 1.69 bits per heavy atom. The molecule has 7 nitrogen and oxygen atoms in total.